The Bertz CT molecular complexity index is 524. The number of amides is 1. The number of rotatable bonds is 4. The second-order valence-electron chi connectivity index (χ2n) is 5.43. The van der Waals surface area contributed by atoms with E-state index in [1.165, 1.54) is 0 Å². The van der Waals surface area contributed by atoms with E-state index in [1.54, 1.807) is 0 Å². The zero-order valence-corrected chi connectivity index (χ0v) is 12.0. The van der Waals surface area contributed by atoms with Crippen LogP contribution in [0.15, 0.2) is 18.2 Å². The highest BCUT2D eigenvalue weighted by Gasteiger charge is 2.37. The number of para-hydroxylation sites is 1. The van der Waals surface area contributed by atoms with Gasteiger partial charge < -0.3 is 10.4 Å². The summed E-state index contributed by atoms with van der Waals surface area (Å²) in [5.41, 5.74) is 2.95. The quantitative estimate of drug-likeness (QED) is 0.887. The van der Waals surface area contributed by atoms with Crippen LogP contribution in [-0.2, 0) is 16.0 Å². The lowest BCUT2D eigenvalue weighted by Crippen LogP contribution is -2.30. The number of nitrogens with one attached hydrogen (secondary N) is 1. The Hall–Kier alpha value is -1.84. The summed E-state index contributed by atoms with van der Waals surface area (Å²) < 4.78 is 0. The molecule has 2 N–H and O–H groups in total. The predicted molar refractivity (Wildman–Crippen MR) is 77.7 cm³/mol. The number of carbonyl (C=O) groups is 2. The fourth-order valence-corrected chi connectivity index (χ4v) is 2.99. The molecule has 0 aliphatic heterocycles. The van der Waals surface area contributed by atoms with E-state index in [0.29, 0.717) is 12.8 Å². The van der Waals surface area contributed by atoms with Crippen LogP contribution in [0.2, 0.25) is 0 Å². The number of hydrogen-bond acceptors (Lipinski definition) is 2. The van der Waals surface area contributed by atoms with Crippen LogP contribution >= 0.6 is 0 Å². The lowest BCUT2D eigenvalue weighted by molar-refractivity contribution is -0.145. The smallest absolute Gasteiger partial charge is 0.307 e. The summed E-state index contributed by atoms with van der Waals surface area (Å²) in [7, 11) is 0. The predicted octanol–water partition coefficient (Wildman–Crippen LogP) is 3.00. The molecule has 0 saturated heterocycles. The number of aryl methyl sites for hydroxylation is 2. The average Bonchev–Trinajstić information content (AvgIpc) is 2.90. The number of aliphatic carboxylic acids is 1. The molecule has 1 amide bonds. The number of carbonyl (C=O) groups excluding carboxylic acids is 1. The van der Waals surface area contributed by atoms with Crippen LogP contribution < -0.4 is 5.32 Å². The van der Waals surface area contributed by atoms with Gasteiger partial charge in [0, 0.05) is 5.69 Å². The molecule has 108 valence electrons. The van der Waals surface area contributed by atoms with Crippen molar-refractivity contribution < 1.29 is 14.7 Å². The topological polar surface area (TPSA) is 66.4 Å². The van der Waals surface area contributed by atoms with Crippen LogP contribution in [0.5, 0.6) is 0 Å². The molecule has 20 heavy (non-hydrogen) atoms. The molecule has 2 unspecified atom stereocenters. The van der Waals surface area contributed by atoms with E-state index < -0.39 is 17.8 Å². The zero-order chi connectivity index (χ0) is 14.7. The second-order valence-corrected chi connectivity index (χ2v) is 5.43. The molecule has 1 aliphatic rings. The van der Waals surface area contributed by atoms with E-state index in [0.717, 1.165) is 29.7 Å². The van der Waals surface area contributed by atoms with Gasteiger partial charge in [0.25, 0.3) is 0 Å². The average molecular weight is 275 g/mol. The van der Waals surface area contributed by atoms with Gasteiger partial charge >= 0.3 is 5.97 Å². The molecule has 4 nitrogen and oxygen atoms in total. The van der Waals surface area contributed by atoms with E-state index in [-0.39, 0.29) is 5.91 Å². The van der Waals surface area contributed by atoms with Gasteiger partial charge in [-0.15, -0.1) is 0 Å². The van der Waals surface area contributed by atoms with Crippen molar-refractivity contribution >= 4 is 17.6 Å². The summed E-state index contributed by atoms with van der Waals surface area (Å²) in [6.45, 7) is 4.00. The Morgan fingerprint density at radius 3 is 2.65 bits per heavy atom. The van der Waals surface area contributed by atoms with Crippen LogP contribution in [-0.4, -0.2) is 17.0 Å². The van der Waals surface area contributed by atoms with Crippen LogP contribution in [0.25, 0.3) is 0 Å². The maximum Gasteiger partial charge on any atom is 0.307 e. The monoisotopic (exact) mass is 275 g/mol. The molecular formula is C16H21NO3. The zero-order valence-electron chi connectivity index (χ0n) is 12.0. The molecule has 1 fully saturated rings. The first-order valence-corrected chi connectivity index (χ1v) is 7.16. The van der Waals surface area contributed by atoms with E-state index in [2.05, 4.69) is 5.32 Å². The van der Waals surface area contributed by atoms with Crippen LogP contribution in [0.1, 0.15) is 37.3 Å². The van der Waals surface area contributed by atoms with Gasteiger partial charge in [0.2, 0.25) is 5.91 Å². The number of carboxylic acids is 1. The summed E-state index contributed by atoms with van der Waals surface area (Å²) in [4.78, 5) is 23.6. The standard InChI is InChI=1S/C16H21NO3/c1-3-11-7-4-6-10(2)14(11)17-15(18)12-8-5-9-13(12)16(19)20/h4,6-7,12-13H,3,5,8-9H2,1-2H3,(H,17,18)(H,19,20). The Morgan fingerprint density at radius 1 is 1.30 bits per heavy atom. The van der Waals surface area contributed by atoms with Crippen molar-refractivity contribution in [3.05, 3.63) is 29.3 Å². The van der Waals surface area contributed by atoms with E-state index in [1.807, 2.05) is 32.0 Å². The van der Waals surface area contributed by atoms with Gasteiger partial charge in [0.15, 0.2) is 0 Å². The largest absolute Gasteiger partial charge is 0.481 e. The Kier molecular flexibility index (Phi) is 4.42. The molecule has 0 heterocycles. The lowest BCUT2D eigenvalue weighted by Gasteiger charge is -2.18. The molecule has 1 aromatic rings. The minimum absolute atomic E-state index is 0.154. The number of anilines is 1. The van der Waals surface area contributed by atoms with Gasteiger partial charge in [-0.2, -0.15) is 0 Å². The third-order valence-electron chi connectivity index (χ3n) is 4.16. The van der Waals surface area contributed by atoms with Crippen molar-refractivity contribution in [2.75, 3.05) is 5.32 Å². The van der Waals surface area contributed by atoms with Gasteiger partial charge in [-0.25, -0.2) is 0 Å². The highest BCUT2D eigenvalue weighted by atomic mass is 16.4. The molecule has 1 aliphatic carbocycles. The number of hydrogen-bond donors (Lipinski definition) is 2. The van der Waals surface area contributed by atoms with Crippen molar-refractivity contribution in [3.8, 4) is 0 Å². The van der Waals surface area contributed by atoms with Crippen molar-refractivity contribution in [1.29, 1.82) is 0 Å². The SMILES string of the molecule is CCc1cccc(C)c1NC(=O)C1CCCC1C(=O)O. The van der Waals surface area contributed by atoms with Crippen molar-refractivity contribution in [2.45, 2.75) is 39.5 Å². The fourth-order valence-electron chi connectivity index (χ4n) is 2.99. The van der Waals surface area contributed by atoms with Crippen LogP contribution in [0.3, 0.4) is 0 Å². The van der Waals surface area contributed by atoms with Gasteiger partial charge in [-0.3, -0.25) is 9.59 Å². The maximum atomic E-state index is 12.4. The minimum Gasteiger partial charge on any atom is -0.481 e. The maximum absolute atomic E-state index is 12.4. The summed E-state index contributed by atoms with van der Waals surface area (Å²) >= 11 is 0. The first-order chi connectivity index (χ1) is 9.54. The van der Waals surface area contributed by atoms with Crippen molar-refractivity contribution in [3.63, 3.8) is 0 Å². The van der Waals surface area contributed by atoms with Gasteiger partial charge in [-0.05, 0) is 37.3 Å². The Labute approximate surface area is 119 Å². The van der Waals surface area contributed by atoms with E-state index in [4.69, 9.17) is 0 Å². The van der Waals surface area contributed by atoms with Crippen LogP contribution in [0, 0.1) is 18.8 Å². The second kappa shape index (κ2) is 6.07. The van der Waals surface area contributed by atoms with Crippen molar-refractivity contribution in [2.24, 2.45) is 11.8 Å². The third kappa shape index (κ3) is 2.84. The van der Waals surface area contributed by atoms with Crippen LogP contribution in [0.4, 0.5) is 5.69 Å². The summed E-state index contributed by atoms with van der Waals surface area (Å²) in [6, 6.07) is 5.92. The summed E-state index contributed by atoms with van der Waals surface area (Å²) in [5.74, 6) is -1.96. The fraction of sp³-hybridized carbons (Fsp3) is 0.500. The Balaban J connectivity index is 2.18. The normalized spacial score (nSPS) is 21.7. The molecule has 0 radical (unpaired) electrons. The molecule has 1 saturated carbocycles. The van der Waals surface area contributed by atoms with Gasteiger partial charge in [-0.1, -0.05) is 31.5 Å². The first kappa shape index (κ1) is 14.6. The minimum atomic E-state index is -0.858. The highest BCUT2D eigenvalue weighted by molar-refractivity contribution is 5.96. The highest BCUT2D eigenvalue weighted by Crippen LogP contribution is 2.33. The molecule has 2 atom stereocenters. The first-order valence-electron chi connectivity index (χ1n) is 7.16. The molecule has 0 aromatic heterocycles. The lowest BCUT2D eigenvalue weighted by atomic mass is 9.95. The Morgan fingerprint density at radius 2 is 2.00 bits per heavy atom. The third-order valence-corrected chi connectivity index (χ3v) is 4.16. The summed E-state index contributed by atoms with van der Waals surface area (Å²) in [5, 5.41) is 12.1. The number of carboxylic acid groups (broad SMARTS) is 1. The number of benzene rings is 1. The molecule has 0 bridgehead atoms. The van der Waals surface area contributed by atoms with Crippen molar-refractivity contribution in [1.82, 2.24) is 0 Å². The van der Waals surface area contributed by atoms with Gasteiger partial charge in [0.1, 0.15) is 0 Å². The molecule has 1 aromatic carbocycles. The molecule has 0 spiro atoms. The van der Waals surface area contributed by atoms with E-state index in [9.17, 15) is 14.7 Å². The molecular weight excluding hydrogens is 254 g/mol. The van der Waals surface area contributed by atoms with Gasteiger partial charge in [0.05, 0.1) is 11.8 Å². The molecule has 2 rings (SSSR count). The summed E-state index contributed by atoms with van der Waals surface area (Å²) in [6.07, 6.45) is 2.91. The molecule has 4 heteroatoms. The van der Waals surface area contributed by atoms with E-state index >= 15 is 0 Å².